The van der Waals surface area contributed by atoms with Crippen LogP contribution in [-0.2, 0) is 26.3 Å². The van der Waals surface area contributed by atoms with Crippen molar-refractivity contribution in [1.82, 2.24) is 4.98 Å². The van der Waals surface area contributed by atoms with Crippen LogP contribution in [0.1, 0.15) is 42.4 Å². The summed E-state index contributed by atoms with van der Waals surface area (Å²) < 4.78 is 83.5. The largest absolute Gasteiger partial charge is 0.417 e. The minimum atomic E-state index is -4.61. The molecule has 3 rings (SSSR count). The predicted molar refractivity (Wildman–Crippen MR) is 121 cm³/mol. The third kappa shape index (κ3) is 4.61. The van der Waals surface area contributed by atoms with Crippen LogP contribution in [0, 0.1) is 5.82 Å². The van der Waals surface area contributed by atoms with Crippen LogP contribution < -0.4 is 11.1 Å². The van der Waals surface area contributed by atoms with Crippen LogP contribution in [0.5, 0.6) is 0 Å². The van der Waals surface area contributed by atoms with Crippen LogP contribution in [0.25, 0.3) is 0 Å². The van der Waals surface area contributed by atoms with Crippen molar-refractivity contribution in [3.05, 3.63) is 59.2 Å². The van der Waals surface area contributed by atoms with E-state index >= 15 is 4.39 Å². The van der Waals surface area contributed by atoms with Crippen LogP contribution in [-0.4, -0.2) is 48.9 Å². The number of nitrogens with zero attached hydrogens (tertiary/aromatic N) is 2. The van der Waals surface area contributed by atoms with E-state index in [0.717, 1.165) is 12.1 Å². The van der Waals surface area contributed by atoms with Gasteiger partial charge in [0.15, 0.2) is 9.84 Å². The molecule has 1 aliphatic heterocycles. The number of nitrogens with two attached hydrogens (primary N) is 1. The van der Waals surface area contributed by atoms with E-state index in [1.807, 2.05) is 0 Å². The number of hydrogen-bond donors (Lipinski definition) is 2. The predicted octanol–water partition coefficient (Wildman–Crippen LogP) is 3.29. The number of nitrogens with one attached hydrogen (secondary N) is 1. The van der Waals surface area contributed by atoms with Gasteiger partial charge in [-0.2, -0.15) is 13.2 Å². The lowest BCUT2D eigenvalue weighted by atomic mass is 9.87. The molecule has 8 nitrogen and oxygen atoms in total. The van der Waals surface area contributed by atoms with Gasteiger partial charge in [-0.3, -0.25) is 14.8 Å². The van der Waals surface area contributed by atoms with E-state index in [1.54, 1.807) is 0 Å². The quantitative estimate of drug-likeness (QED) is 0.588. The number of carbonyl (C=O) groups excluding carboxylic acids is 1. The first-order valence-corrected chi connectivity index (χ1v) is 11.8. The lowest BCUT2D eigenvalue weighted by Gasteiger charge is -2.43. The number of sulfone groups is 1. The van der Waals surface area contributed by atoms with Gasteiger partial charge in [0.2, 0.25) is 0 Å². The number of aliphatic imine (C=N–C) groups is 1. The zero-order valence-corrected chi connectivity index (χ0v) is 20.1. The standard InChI is InChI=1S/C22H24F4N4O4S/c1-20(2)19(27)30-21(3,17(11-34-4)35(20,32)33)14-9-13(6-7-15(14)23)29-18(31)16-8-5-12(10-28-16)22(24,25)26/h5-10,17H,11H2,1-4H3,(H2,27,30)(H,29,31)/t17-,21-/m1/s1. The second-order valence-electron chi connectivity index (χ2n) is 8.72. The molecule has 35 heavy (non-hydrogen) atoms. The summed E-state index contributed by atoms with van der Waals surface area (Å²) in [7, 11) is -2.72. The van der Waals surface area contributed by atoms with Crippen LogP contribution >= 0.6 is 0 Å². The molecule has 0 fully saturated rings. The fourth-order valence-corrected chi connectivity index (χ4v) is 5.93. The smallest absolute Gasteiger partial charge is 0.386 e. The van der Waals surface area contributed by atoms with Crippen molar-refractivity contribution >= 4 is 27.3 Å². The number of anilines is 1. The molecule has 190 valence electrons. The fourth-order valence-electron chi connectivity index (χ4n) is 3.78. The van der Waals surface area contributed by atoms with Crippen LogP contribution in [0.3, 0.4) is 0 Å². The molecule has 1 aromatic carbocycles. The molecule has 1 aliphatic rings. The Hall–Kier alpha value is -3.06. The topological polar surface area (TPSA) is 124 Å². The molecule has 2 heterocycles. The zero-order valence-electron chi connectivity index (χ0n) is 19.3. The van der Waals surface area contributed by atoms with Crippen LogP contribution in [0.4, 0.5) is 23.2 Å². The second kappa shape index (κ2) is 8.86. The van der Waals surface area contributed by atoms with Crippen molar-refractivity contribution in [1.29, 1.82) is 0 Å². The van der Waals surface area contributed by atoms with Gasteiger partial charge in [0.1, 0.15) is 32.9 Å². The Labute approximate surface area is 199 Å². The third-order valence-electron chi connectivity index (χ3n) is 6.09. The monoisotopic (exact) mass is 516 g/mol. The Kier molecular flexibility index (Phi) is 6.72. The maximum Gasteiger partial charge on any atom is 0.417 e. The number of rotatable bonds is 5. The van der Waals surface area contributed by atoms with Gasteiger partial charge in [0.05, 0.1) is 12.2 Å². The van der Waals surface area contributed by atoms with Crippen LogP contribution in [0.2, 0.25) is 0 Å². The number of amides is 1. The molecule has 0 bridgehead atoms. The molecule has 0 spiro atoms. The highest BCUT2D eigenvalue weighted by molar-refractivity contribution is 7.94. The number of alkyl halides is 3. The van der Waals surface area contributed by atoms with Gasteiger partial charge < -0.3 is 15.8 Å². The minimum Gasteiger partial charge on any atom is -0.386 e. The molecule has 0 saturated carbocycles. The lowest BCUT2D eigenvalue weighted by Crippen LogP contribution is -2.61. The highest BCUT2D eigenvalue weighted by Crippen LogP contribution is 2.43. The summed E-state index contributed by atoms with van der Waals surface area (Å²) in [4.78, 5) is 20.4. The normalized spacial score (nSPS) is 23.4. The molecular weight excluding hydrogens is 492 g/mol. The molecular formula is C22H24F4N4O4S. The maximum atomic E-state index is 15.0. The maximum absolute atomic E-state index is 15.0. The summed E-state index contributed by atoms with van der Waals surface area (Å²) in [5.74, 6) is -1.86. The molecule has 0 radical (unpaired) electrons. The third-order valence-corrected chi connectivity index (χ3v) is 9.07. The van der Waals surface area contributed by atoms with Gasteiger partial charge >= 0.3 is 6.18 Å². The van der Waals surface area contributed by atoms with Gasteiger partial charge in [-0.05, 0) is 51.1 Å². The van der Waals surface area contributed by atoms with Crippen molar-refractivity contribution in [2.45, 2.75) is 42.5 Å². The fraction of sp³-hybridized carbons (Fsp3) is 0.409. The average Bonchev–Trinajstić information content (AvgIpc) is 2.76. The van der Waals surface area contributed by atoms with E-state index in [0.29, 0.717) is 12.3 Å². The van der Waals surface area contributed by atoms with Gasteiger partial charge in [-0.15, -0.1) is 0 Å². The van der Waals surface area contributed by atoms with E-state index in [-0.39, 0.29) is 29.4 Å². The van der Waals surface area contributed by atoms with Gasteiger partial charge in [0.25, 0.3) is 5.91 Å². The summed E-state index contributed by atoms with van der Waals surface area (Å²) >= 11 is 0. The van der Waals surface area contributed by atoms with E-state index in [1.165, 1.54) is 40.0 Å². The number of amidine groups is 1. The molecule has 0 saturated heterocycles. The summed E-state index contributed by atoms with van der Waals surface area (Å²) in [6.07, 6.45) is -4.09. The number of aromatic nitrogens is 1. The summed E-state index contributed by atoms with van der Waals surface area (Å²) in [6, 6.07) is 5.03. The Bertz CT molecular complexity index is 1280. The zero-order chi connectivity index (χ0) is 26.4. The molecule has 2 aromatic rings. The van der Waals surface area contributed by atoms with Crippen LogP contribution in [0.15, 0.2) is 41.5 Å². The average molecular weight is 517 g/mol. The number of benzene rings is 1. The van der Waals surface area contributed by atoms with Crippen molar-refractivity contribution in [2.75, 3.05) is 19.0 Å². The number of methoxy groups -OCH3 is 1. The van der Waals surface area contributed by atoms with Gasteiger partial charge in [0, 0.05) is 24.6 Å². The molecule has 3 N–H and O–H groups in total. The highest BCUT2D eigenvalue weighted by atomic mass is 32.2. The number of hydrogen-bond acceptors (Lipinski definition) is 7. The molecule has 0 aliphatic carbocycles. The SMILES string of the molecule is COC[C@@H]1[C@@](C)(c2cc(NC(=O)c3ccc(C(F)(F)F)cn3)ccc2F)N=C(N)C(C)(C)S1(=O)=O. The van der Waals surface area contributed by atoms with E-state index in [9.17, 15) is 26.4 Å². The van der Waals surface area contributed by atoms with Crippen molar-refractivity contribution < 1.29 is 35.5 Å². The molecule has 13 heteroatoms. The lowest BCUT2D eigenvalue weighted by molar-refractivity contribution is -0.137. The molecule has 1 amide bonds. The first kappa shape index (κ1) is 26.5. The second-order valence-corrected chi connectivity index (χ2v) is 11.4. The minimum absolute atomic E-state index is 0.0430. The first-order valence-electron chi connectivity index (χ1n) is 10.3. The number of halogens is 4. The molecule has 1 aromatic heterocycles. The van der Waals surface area contributed by atoms with Gasteiger partial charge in [-0.25, -0.2) is 12.8 Å². The number of ether oxygens (including phenoxy) is 1. The van der Waals surface area contributed by atoms with E-state index < -0.39 is 48.8 Å². The summed E-state index contributed by atoms with van der Waals surface area (Å²) in [5, 5.41) is 1.12. The number of pyridine rings is 1. The van der Waals surface area contributed by atoms with Crippen molar-refractivity contribution in [2.24, 2.45) is 10.7 Å². The van der Waals surface area contributed by atoms with E-state index in [4.69, 9.17) is 10.5 Å². The molecule has 2 atom stereocenters. The number of carbonyl (C=O) groups is 1. The highest BCUT2D eigenvalue weighted by Gasteiger charge is 2.57. The first-order chi connectivity index (χ1) is 16.1. The van der Waals surface area contributed by atoms with Crippen molar-refractivity contribution in [3.63, 3.8) is 0 Å². The Morgan fingerprint density at radius 2 is 1.86 bits per heavy atom. The Morgan fingerprint density at radius 3 is 2.40 bits per heavy atom. The summed E-state index contributed by atoms with van der Waals surface area (Å²) in [6.45, 7) is 3.89. The molecule has 0 unspecified atom stereocenters. The van der Waals surface area contributed by atoms with Crippen molar-refractivity contribution in [3.8, 4) is 0 Å². The summed E-state index contributed by atoms with van der Waals surface area (Å²) in [5.41, 5.74) is 2.84. The van der Waals surface area contributed by atoms with Gasteiger partial charge in [-0.1, -0.05) is 0 Å². The van der Waals surface area contributed by atoms with E-state index in [2.05, 4.69) is 15.3 Å². The Morgan fingerprint density at radius 1 is 1.20 bits per heavy atom. The Balaban J connectivity index is 2.02.